The van der Waals surface area contributed by atoms with Crippen LogP contribution in [0.1, 0.15) is 18.0 Å². The van der Waals surface area contributed by atoms with Crippen LogP contribution in [0.3, 0.4) is 0 Å². The molecular weight excluding hydrogens is 470 g/mol. The highest BCUT2D eigenvalue weighted by atomic mass is 16.5. The molecule has 4 heterocycles. The van der Waals surface area contributed by atoms with Gasteiger partial charge in [0.1, 0.15) is 11.4 Å². The number of piperazine rings is 1. The quantitative estimate of drug-likeness (QED) is 0.513. The zero-order valence-corrected chi connectivity index (χ0v) is 21.6. The number of carbonyl (C=O) groups excluding carboxylic acids is 1. The molecule has 1 N–H and O–H groups in total. The van der Waals surface area contributed by atoms with Crippen molar-refractivity contribution in [3.63, 3.8) is 0 Å². The third-order valence-electron chi connectivity index (χ3n) is 7.31. The van der Waals surface area contributed by atoms with Gasteiger partial charge in [0.15, 0.2) is 0 Å². The number of methoxy groups -OCH3 is 1. The number of carbonyl (C=O) groups is 1. The van der Waals surface area contributed by atoms with Crippen molar-refractivity contribution in [2.75, 3.05) is 63.6 Å². The Kier molecular flexibility index (Phi) is 6.84. The lowest BCUT2D eigenvalue weighted by Crippen LogP contribution is -2.44. The molecule has 37 heavy (non-hydrogen) atoms. The van der Waals surface area contributed by atoms with Gasteiger partial charge in [0.2, 0.25) is 11.9 Å². The molecule has 10 heteroatoms. The first-order valence-electron chi connectivity index (χ1n) is 12.6. The SMILES string of the molecule is C=CC(=O)N1CC[C@H](n2c(=O)cc(C)c3cnc(Nc4ccc(N5CCN(C)CC5)cc4OC)nc32)C1. The van der Waals surface area contributed by atoms with Crippen LogP contribution in [0.2, 0.25) is 0 Å². The molecule has 0 radical (unpaired) electrons. The van der Waals surface area contributed by atoms with Crippen molar-refractivity contribution in [1.29, 1.82) is 0 Å². The molecule has 0 aliphatic carbocycles. The summed E-state index contributed by atoms with van der Waals surface area (Å²) in [6.45, 7) is 10.5. The minimum Gasteiger partial charge on any atom is -0.494 e. The van der Waals surface area contributed by atoms with Gasteiger partial charge < -0.3 is 24.8 Å². The van der Waals surface area contributed by atoms with Crippen LogP contribution in [0, 0.1) is 6.92 Å². The number of rotatable bonds is 6. The van der Waals surface area contributed by atoms with Gasteiger partial charge in [0.05, 0.1) is 18.8 Å². The zero-order chi connectivity index (χ0) is 26.1. The van der Waals surface area contributed by atoms with Gasteiger partial charge in [-0.05, 0) is 44.2 Å². The third kappa shape index (κ3) is 4.89. The van der Waals surface area contributed by atoms with Crippen LogP contribution in [0.15, 0.2) is 47.9 Å². The number of hydrogen-bond donors (Lipinski definition) is 1. The summed E-state index contributed by atoms with van der Waals surface area (Å²) in [7, 11) is 3.78. The lowest BCUT2D eigenvalue weighted by molar-refractivity contribution is -0.125. The fourth-order valence-electron chi connectivity index (χ4n) is 5.13. The molecule has 10 nitrogen and oxygen atoms in total. The molecule has 0 unspecified atom stereocenters. The van der Waals surface area contributed by atoms with Crippen LogP contribution < -0.4 is 20.5 Å². The number of benzene rings is 1. The molecule has 3 aromatic rings. The number of aryl methyl sites for hydroxylation is 1. The third-order valence-corrected chi connectivity index (χ3v) is 7.31. The Bertz CT molecular complexity index is 1390. The van der Waals surface area contributed by atoms with Gasteiger partial charge >= 0.3 is 0 Å². The van der Waals surface area contributed by atoms with E-state index in [0.717, 1.165) is 48.5 Å². The smallest absolute Gasteiger partial charge is 0.252 e. The average molecular weight is 504 g/mol. The number of nitrogens with one attached hydrogen (secondary N) is 1. The Morgan fingerprint density at radius 2 is 1.97 bits per heavy atom. The molecule has 1 atom stereocenters. The minimum absolute atomic E-state index is 0.129. The summed E-state index contributed by atoms with van der Waals surface area (Å²) < 4.78 is 7.38. The summed E-state index contributed by atoms with van der Waals surface area (Å²) in [6.07, 6.45) is 3.72. The Labute approximate surface area is 216 Å². The summed E-state index contributed by atoms with van der Waals surface area (Å²) in [5.41, 5.74) is 3.08. The van der Waals surface area contributed by atoms with Gasteiger partial charge in [0, 0.05) is 68.7 Å². The van der Waals surface area contributed by atoms with E-state index in [-0.39, 0.29) is 17.5 Å². The highest BCUT2D eigenvalue weighted by molar-refractivity contribution is 5.87. The number of likely N-dealkylation sites (N-methyl/N-ethyl adjacent to an activating group) is 1. The summed E-state index contributed by atoms with van der Waals surface area (Å²) in [4.78, 5) is 40.9. The first-order chi connectivity index (χ1) is 17.9. The topological polar surface area (TPSA) is 95.8 Å². The number of aromatic nitrogens is 3. The van der Waals surface area contributed by atoms with E-state index in [0.29, 0.717) is 36.9 Å². The monoisotopic (exact) mass is 503 g/mol. The first kappa shape index (κ1) is 24.8. The van der Waals surface area contributed by atoms with E-state index >= 15 is 0 Å². The maximum absolute atomic E-state index is 13.1. The Hall–Kier alpha value is -3.92. The second kappa shape index (κ2) is 10.2. The number of likely N-dealkylation sites (tertiary alicyclic amines) is 1. The van der Waals surface area contributed by atoms with Crippen LogP contribution in [0.25, 0.3) is 11.0 Å². The lowest BCUT2D eigenvalue weighted by Gasteiger charge is -2.34. The summed E-state index contributed by atoms with van der Waals surface area (Å²) in [6, 6.07) is 7.51. The molecule has 0 saturated carbocycles. The molecule has 2 saturated heterocycles. The maximum Gasteiger partial charge on any atom is 0.252 e. The van der Waals surface area contributed by atoms with Crippen LogP contribution >= 0.6 is 0 Å². The number of hydrogen-bond acceptors (Lipinski definition) is 8. The van der Waals surface area contributed by atoms with E-state index in [1.54, 1.807) is 28.8 Å². The van der Waals surface area contributed by atoms with E-state index in [1.165, 1.54) is 6.08 Å². The van der Waals surface area contributed by atoms with Crippen molar-refractivity contribution in [1.82, 2.24) is 24.3 Å². The molecule has 1 aromatic carbocycles. The molecule has 2 aliphatic rings. The zero-order valence-electron chi connectivity index (χ0n) is 21.6. The Morgan fingerprint density at radius 3 is 2.70 bits per heavy atom. The van der Waals surface area contributed by atoms with Gasteiger partial charge in [-0.25, -0.2) is 4.98 Å². The van der Waals surface area contributed by atoms with Crippen LogP contribution in [-0.2, 0) is 4.79 Å². The number of fused-ring (bicyclic) bond motifs is 1. The standard InChI is InChI=1S/C27H33N7O3/c1-5-24(35)33-9-8-20(17-33)34-25(36)14-18(2)21-16-28-27(30-26(21)34)29-22-7-6-19(15-23(22)37-4)32-12-10-31(3)11-13-32/h5-7,14-16,20H,1,8-13,17H2,2-4H3,(H,28,29,30)/t20-/m0/s1. The minimum atomic E-state index is -0.167. The van der Waals surface area contributed by atoms with Crippen LogP contribution in [0.5, 0.6) is 5.75 Å². The fourth-order valence-corrected chi connectivity index (χ4v) is 5.13. The van der Waals surface area contributed by atoms with Crippen LogP contribution in [-0.4, -0.2) is 83.7 Å². The lowest BCUT2D eigenvalue weighted by atomic mass is 10.1. The van der Waals surface area contributed by atoms with Gasteiger partial charge in [-0.3, -0.25) is 14.2 Å². The molecule has 2 fully saturated rings. The Balaban J connectivity index is 1.46. The number of pyridine rings is 1. The first-order valence-corrected chi connectivity index (χ1v) is 12.6. The second-order valence-electron chi connectivity index (χ2n) is 9.70. The summed E-state index contributed by atoms with van der Waals surface area (Å²) >= 11 is 0. The average Bonchev–Trinajstić information content (AvgIpc) is 3.38. The molecule has 0 bridgehead atoms. The normalized spacial score (nSPS) is 18.3. The number of ether oxygens (including phenoxy) is 1. The van der Waals surface area contributed by atoms with Crippen molar-refractivity contribution in [3.05, 3.63) is 59.0 Å². The predicted molar refractivity (Wildman–Crippen MR) is 145 cm³/mol. The second-order valence-corrected chi connectivity index (χ2v) is 9.70. The van der Waals surface area contributed by atoms with Crippen molar-refractivity contribution >= 4 is 34.3 Å². The molecule has 5 rings (SSSR count). The number of nitrogens with zero attached hydrogens (tertiary/aromatic N) is 6. The van der Waals surface area contributed by atoms with Gasteiger partial charge in [-0.1, -0.05) is 6.58 Å². The largest absolute Gasteiger partial charge is 0.494 e. The van der Waals surface area contributed by atoms with E-state index in [9.17, 15) is 9.59 Å². The predicted octanol–water partition coefficient (Wildman–Crippen LogP) is 2.56. The molecule has 2 aliphatic heterocycles. The highest BCUT2D eigenvalue weighted by Crippen LogP contribution is 2.32. The Morgan fingerprint density at radius 1 is 1.19 bits per heavy atom. The highest BCUT2D eigenvalue weighted by Gasteiger charge is 2.28. The van der Waals surface area contributed by atoms with E-state index in [2.05, 4.69) is 39.8 Å². The fraction of sp³-hybridized carbons (Fsp3) is 0.407. The van der Waals surface area contributed by atoms with Crippen molar-refractivity contribution < 1.29 is 9.53 Å². The number of anilines is 3. The summed E-state index contributed by atoms with van der Waals surface area (Å²) in [5.74, 6) is 0.932. The van der Waals surface area contributed by atoms with Gasteiger partial charge in [0.25, 0.3) is 5.56 Å². The van der Waals surface area contributed by atoms with Crippen molar-refractivity contribution in [2.45, 2.75) is 19.4 Å². The molecule has 1 amide bonds. The van der Waals surface area contributed by atoms with E-state index in [1.807, 2.05) is 19.1 Å². The van der Waals surface area contributed by atoms with Gasteiger partial charge in [-0.2, -0.15) is 4.98 Å². The van der Waals surface area contributed by atoms with Crippen molar-refractivity contribution in [3.8, 4) is 5.75 Å². The number of amides is 1. The van der Waals surface area contributed by atoms with E-state index in [4.69, 9.17) is 9.72 Å². The van der Waals surface area contributed by atoms with Gasteiger partial charge in [-0.15, -0.1) is 0 Å². The molecular formula is C27H33N7O3. The van der Waals surface area contributed by atoms with Crippen LogP contribution in [0.4, 0.5) is 17.3 Å². The molecule has 2 aromatic heterocycles. The maximum atomic E-state index is 13.1. The molecule has 0 spiro atoms. The van der Waals surface area contributed by atoms with E-state index < -0.39 is 0 Å². The van der Waals surface area contributed by atoms with Crippen molar-refractivity contribution in [2.24, 2.45) is 0 Å². The summed E-state index contributed by atoms with van der Waals surface area (Å²) in [5, 5.41) is 4.08. The molecule has 194 valence electrons.